The van der Waals surface area contributed by atoms with Crippen LogP contribution in [0.4, 0.5) is 5.69 Å². The summed E-state index contributed by atoms with van der Waals surface area (Å²) in [6, 6.07) is 16.3. The average Bonchev–Trinajstić information content (AvgIpc) is 2.84. The summed E-state index contributed by atoms with van der Waals surface area (Å²) in [6.07, 6.45) is 2.05. The number of amides is 1. The standard InChI is InChI=1S/C18H18ClNO/c1-13(21)20-12-15(8-7-14-5-3-2-4-6-14)17-11-16(19)9-10-18(17)20/h2-6,9-11,15H,7-8,12H2,1H3. The van der Waals surface area contributed by atoms with Gasteiger partial charge in [-0.25, -0.2) is 0 Å². The molecular weight excluding hydrogens is 282 g/mol. The third-order valence-corrected chi connectivity index (χ3v) is 4.36. The van der Waals surface area contributed by atoms with Crippen LogP contribution in [0, 0.1) is 0 Å². The predicted octanol–water partition coefficient (Wildman–Crippen LogP) is 4.42. The molecule has 0 radical (unpaired) electrons. The van der Waals surface area contributed by atoms with Gasteiger partial charge in [-0.2, -0.15) is 0 Å². The van der Waals surface area contributed by atoms with Crippen LogP contribution in [-0.4, -0.2) is 12.5 Å². The Balaban J connectivity index is 1.81. The zero-order chi connectivity index (χ0) is 14.8. The van der Waals surface area contributed by atoms with Crippen molar-refractivity contribution in [3.05, 3.63) is 64.7 Å². The van der Waals surface area contributed by atoms with Gasteiger partial charge < -0.3 is 4.90 Å². The van der Waals surface area contributed by atoms with Crippen molar-refractivity contribution >= 4 is 23.2 Å². The van der Waals surface area contributed by atoms with E-state index in [1.165, 1.54) is 11.1 Å². The molecule has 0 aliphatic carbocycles. The third-order valence-electron chi connectivity index (χ3n) is 4.13. The van der Waals surface area contributed by atoms with Gasteiger partial charge in [0.2, 0.25) is 5.91 Å². The number of benzene rings is 2. The predicted molar refractivity (Wildman–Crippen MR) is 87.0 cm³/mol. The smallest absolute Gasteiger partial charge is 0.223 e. The summed E-state index contributed by atoms with van der Waals surface area (Å²) in [5.41, 5.74) is 3.56. The van der Waals surface area contributed by atoms with Gasteiger partial charge in [-0.05, 0) is 42.2 Å². The van der Waals surface area contributed by atoms with Crippen molar-refractivity contribution in [3.63, 3.8) is 0 Å². The first-order valence-corrected chi connectivity index (χ1v) is 7.64. The van der Waals surface area contributed by atoms with E-state index in [-0.39, 0.29) is 5.91 Å². The van der Waals surface area contributed by atoms with Crippen molar-refractivity contribution in [1.82, 2.24) is 0 Å². The molecule has 0 saturated carbocycles. The van der Waals surface area contributed by atoms with Gasteiger partial charge in [0.05, 0.1) is 0 Å². The number of halogens is 1. The number of carbonyl (C=O) groups excluding carboxylic acids is 1. The van der Waals surface area contributed by atoms with E-state index in [4.69, 9.17) is 11.6 Å². The van der Waals surface area contributed by atoms with Gasteiger partial charge in [0, 0.05) is 30.1 Å². The average molecular weight is 300 g/mol. The lowest BCUT2D eigenvalue weighted by Gasteiger charge is -2.15. The molecule has 0 aromatic heterocycles. The molecule has 21 heavy (non-hydrogen) atoms. The second kappa shape index (κ2) is 5.90. The SMILES string of the molecule is CC(=O)N1CC(CCc2ccccc2)c2cc(Cl)ccc21. The van der Waals surface area contributed by atoms with Crippen LogP contribution in [0.5, 0.6) is 0 Å². The van der Waals surface area contributed by atoms with E-state index in [9.17, 15) is 4.79 Å². The number of carbonyl (C=O) groups is 1. The fraction of sp³-hybridized carbons (Fsp3) is 0.278. The largest absolute Gasteiger partial charge is 0.312 e. The Kier molecular flexibility index (Phi) is 3.98. The highest BCUT2D eigenvalue weighted by molar-refractivity contribution is 6.30. The highest BCUT2D eigenvalue weighted by atomic mass is 35.5. The summed E-state index contributed by atoms with van der Waals surface area (Å²) in [4.78, 5) is 13.7. The molecule has 0 N–H and O–H groups in total. The van der Waals surface area contributed by atoms with E-state index in [0.717, 1.165) is 30.1 Å². The molecule has 1 aliphatic heterocycles. The molecule has 0 bridgehead atoms. The summed E-state index contributed by atoms with van der Waals surface area (Å²) in [7, 11) is 0. The Labute approximate surface area is 130 Å². The molecule has 3 heteroatoms. The van der Waals surface area contributed by atoms with Gasteiger partial charge in [0.1, 0.15) is 0 Å². The first kappa shape index (κ1) is 14.2. The number of hydrogen-bond donors (Lipinski definition) is 0. The monoisotopic (exact) mass is 299 g/mol. The Morgan fingerprint density at radius 2 is 2.00 bits per heavy atom. The Morgan fingerprint density at radius 1 is 1.24 bits per heavy atom. The number of nitrogens with zero attached hydrogens (tertiary/aromatic N) is 1. The quantitative estimate of drug-likeness (QED) is 0.821. The Bertz CT molecular complexity index is 654. The van der Waals surface area contributed by atoms with Crippen LogP contribution in [0.3, 0.4) is 0 Å². The van der Waals surface area contributed by atoms with Crippen LogP contribution in [0.2, 0.25) is 5.02 Å². The molecule has 2 nitrogen and oxygen atoms in total. The van der Waals surface area contributed by atoms with Crippen molar-refractivity contribution in [2.24, 2.45) is 0 Å². The van der Waals surface area contributed by atoms with E-state index in [2.05, 4.69) is 24.3 Å². The summed E-state index contributed by atoms with van der Waals surface area (Å²) in [5, 5.41) is 0.740. The fourth-order valence-corrected chi connectivity index (χ4v) is 3.23. The van der Waals surface area contributed by atoms with Gasteiger partial charge in [-0.1, -0.05) is 41.9 Å². The number of hydrogen-bond acceptors (Lipinski definition) is 1. The van der Waals surface area contributed by atoms with Gasteiger partial charge in [-0.3, -0.25) is 4.79 Å². The second-order valence-electron chi connectivity index (χ2n) is 5.55. The molecule has 0 spiro atoms. The molecule has 2 aromatic rings. The number of aryl methyl sites for hydroxylation is 1. The molecule has 1 atom stereocenters. The van der Waals surface area contributed by atoms with Crippen molar-refractivity contribution in [3.8, 4) is 0 Å². The van der Waals surface area contributed by atoms with E-state index in [1.807, 2.05) is 29.2 Å². The van der Waals surface area contributed by atoms with Gasteiger partial charge in [0.15, 0.2) is 0 Å². The van der Waals surface area contributed by atoms with Crippen molar-refractivity contribution < 1.29 is 4.79 Å². The third kappa shape index (κ3) is 2.96. The maximum atomic E-state index is 11.8. The van der Waals surface area contributed by atoms with Crippen molar-refractivity contribution in [2.45, 2.75) is 25.7 Å². The Morgan fingerprint density at radius 3 is 2.71 bits per heavy atom. The molecule has 1 unspecified atom stereocenters. The van der Waals surface area contributed by atoms with E-state index >= 15 is 0 Å². The number of fused-ring (bicyclic) bond motifs is 1. The van der Waals surface area contributed by atoms with E-state index < -0.39 is 0 Å². The number of anilines is 1. The van der Waals surface area contributed by atoms with Gasteiger partial charge >= 0.3 is 0 Å². The fourth-order valence-electron chi connectivity index (χ4n) is 3.05. The zero-order valence-electron chi connectivity index (χ0n) is 12.1. The maximum Gasteiger partial charge on any atom is 0.223 e. The first-order valence-electron chi connectivity index (χ1n) is 7.26. The van der Waals surface area contributed by atoms with Crippen molar-refractivity contribution in [2.75, 3.05) is 11.4 Å². The lowest BCUT2D eigenvalue weighted by Crippen LogP contribution is -2.27. The summed E-state index contributed by atoms with van der Waals surface area (Å²) >= 11 is 6.13. The minimum absolute atomic E-state index is 0.0979. The van der Waals surface area contributed by atoms with Crippen LogP contribution < -0.4 is 4.90 Å². The highest BCUT2D eigenvalue weighted by Gasteiger charge is 2.30. The zero-order valence-corrected chi connectivity index (χ0v) is 12.8. The summed E-state index contributed by atoms with van der Waals surface area (Å²) < 4.78 is 0. The normalized spacial score (nSPS) is 16.9. The molecule has 1 heterocycles. The summed E-state index contributed by atoms with van der Waals surface area (Å²) in [6.45, 7) is 2.38. The molecule has 108 valence electrons. The molecule has 1 aliphatic rings. The lowest BCUT2D eigenvalue weighted by atomic mass is 9.94. The van der Waals surface area contributed by atoms with E-state index in [1.54, 1.807) is 6.92 Å². The first-order chi connectivity index (χ1) is 10.1. The molecule has 3 rings (SSSR count). The van der Waals surface area contributed by atoms with Crippen LogP contribution in [0.25, 0.3) is 0 Å². The van der Waals surface area contributed by atoms with Gasteiger partial charge in [0.25, 0.3) is 0 Å². The van der Waals surface area contributed by atoms with Crippen LogP contribution >= 0.6 is 11.6 Å². The molecule has 2 aromatic carbocycles. The highest BCUT2D eigenvalue weighted by Crippen LogP contribution is 2.40. The minimum atomic E-state index is 0.0979. The van der Waals surface area contributed by atoms with Crippen LogP contribution in [-0.2, 0) is 11.2 Å². The minimum Gasteiger partial charge on any atom is -0.312 e. The van der Waals surface area contributed by atoms with Crippen LogP contribution in [0.15, 0.2) is 48.5 Å². The van der Waals surface area contributed by atoms with E-state index in [0.29, 0.717) is 5.92 Å². The number of rotatable bonds is 3. The lowest BCUT2D eigenvalue weighted by molar-refractivity contribution is -0.116. The Hall–Kier alpha value is -1.80. The molecular formula is C18H18ClNO. The summed E-state index contributed by atoms with van der Waals surface area (Å²) in [5.74, 6) is 0.462. The molecule has 0 fully saturated rings. The second-order valence-corrected chi connectivity index (χ2v) is 5.99. The van der Waals surface area contributed by atoms with Crippen molar-refractivity contribution in [1.29, 1.82) is 0 Å². The van der Waals surface area contributed by atoms with Gasteiger partial charge in [-0.15, -0.1) is 0 Å². The molecule has 1 amide bonds. The molecule has 0 saturated heterocycles. The topological polar surface area (TPSA) is 20.3 Å². The maximum absolute atomic E-state index is 11.8. The van der Waals surface area contributed by atoms with Crippen LogP contribution in [0.1, 0.15) is 30.4 Å².